The summed E-state index contributed by atoms with van der Waals surface area (Å²) in [5, 5.41) is 23.9. The van der Waals surface area contributed by atoms with Gasteiger partial charge in [0.1, 0.15) is 17.2 Å². The van der Waals surface area contributed by atoms with E-state index in [1.807, 2.05) is 30.3 Å². The predicted molar refractivity (Wildman–Crippen MR) is 153 cm³/mol. The van der Waals surface area contributed by atoms with E-state index in [9.17, 15) is 10.2 Å². The van der Waals surface area contributed by atoms with E-state index in [1.165, 1.54) is 60.8 Å². The van der Waals surface area contributed by atoms with Gasteiger partial charge in [0, 0.05) is 22.4 Å². The van der Waals surface area contributed by atoms with E-state index in [0.29, 0.717) is 17.2 Å². The first-order valence-electron chi connectivity index (χ1n) is 13.9. The number of fused-ring (bicyclic) bond motifs is 7. The highest BCUT2D eigenvalue weighted by molar-refractivity contribution is 6.07. The van der Waals surface area contributed by atoms with Crippen LogP contribution in [0.2, 0.25) is 0 Å². The summed E-state index contributed by atoms with van der Waals surface area (Å²) >= 11 is 0. The fraction of sp³-hybridized carbons (Fsp3) is 0.353. The lowest BCUT2D eigenvalue weighted by Crippen LogP contribution is -2.25. The molecule has 196 valence electrons. The molecule has 4 nitrogen and oxygen atoms in total. The number of benzene rings is 4. The molecule has 1 fully saturated rings. The van der Waals surface area contributed by atoms with Crippen LogP contribution in [0.5, 0.6) is 17.2 Å². The molecule has 0 bridgehead atoms. The summed E-state index contributed by atoms with van der Waals surface area (Å²) in [6, 6.07) is 20.7. The van der Waals surface area contributed by atoms with E-state index in [0.717, 1.165) is 40.3 Å². The second-order valence-corrected chi connectivity index (χ2v) is 10.8. The van der Waals surface area contributed by atoms with E-state index in [4.69, 9.17) is 9.47 Å². The number of phenolic OH excluding ortho intramolecular Hbond substituents is 1. The molecule has 0 radical (unpaired) electrons. The Hall–Kier alpha value is -3.50. The Labute approximate surface area is 224 Å². The van der Waals surface area contributed by atoms with Crippen molar-refractivity contribution < 1.29 is 19.7 Å². The molecule has 38 heavy (non-hydrogen) atoms. The second kappa shape index (κ2) is 9.99. The maximum Gasteiger partial charge on any atom is 0.130 e. The fourth-order valence-corrected chi connectivity index (χ4v) is 7.05. The largest absolute Gasteiger partial charge is 0.507 e. The Balaban J connectivity index is 1.62. The average molecular weight is 509 g/mol. The zero-order valence-electron chi connectivity index (χ0n) is 22.3. The summed E-state index contributed by atoms with van der Waals surface area (Å²) < 4.78 is 11.1. The monoisotopic (exact) mass is 508 g/mol. The van der Waals surface area contributed by atoms with E-state index >= 15 is 0 Å². The summed E-state index contributed by atoms with van der Waals surface area (Å²) in [5.41, 5.74) is 7.58. The van der Waals surface area contributed by atoms with E-state index in [2.05, 4.69) is 30.3 Å². The summed E-state index contributed by atoms with van der Waals surface area (Å²) in [6.45, 7) is -0.113. The van der Waals surface area contributed by atoms with Crippen LogP contribution in [0.25, 0.3) is 33.0 Å². The van der Waals surface area contributed by atoms with Gasteiger partial charge in [0.25, 0.3) is 0 Å². The van der Waals surface area contributed by atoms with Crippen molar-refractivity contribution in [3.63, 3.8) is 0 Å². The van der Waals surface area contributed by atoms with Gasteiger partial charge < -0.3 is 19.7 Å². The number of hydrogen-bond donors (Lipinski definition) is 2. The lowest BCUT2D eigenvalue weighted by atomic mass is 9.71. The van der Waals surface area contributed by atoms with Crippen molar-refractivity contribution in [3.8, 4) is 39.5 Å². The standard InChI is InChI=1S/C34H36O4/c1-37-23-13-14-24(32(18-23)38-2)26-19-27-28(17-22(26)21-35)33-25-11-7-8-12-29(25)34(30(33)20-31(27)36)15-9-5-3-4-6-10-16-34/h7-8,11-14,17-20,35-36H,3-6,9-10,15-16,21H2,1-2H3. The number of aromatic hydroxyl groups is 1. The smallest absolute Gasteiger partial charge is 0.130 e. The molecule has 1 spiro atoms. The van der Waals surface area contributed by atoms with Crippen molar-refractivity contribution in [1.82, 2.24) is 0 Å². The van der Waals surface area contributed by atoms with Gasteiger partial charge in [-0.15, -0.1) is 0 Å². The zero-order chi connectivity index (χ0) is 26.3. The Bertz CT molecular complexity index is 1490. The summed E-state index contributed by atoms with van der Waals surface area (Å²) in [4.78, 5) is 0. The van der Waals surface area contributed by atoms with Crippen LogP contribution in [-0.2, 0) is 12.0 Å². The van der Waals surface area contributed by atoms with Gasteiger partial charge in [0.15, 0.2) is 0 Å². The van der Waals surface area contributed by atoms with Gasteiger partial charge in [-0.25, -0.2) is 0 Å². The lowest BCUT2D eigenvalue weighted by Gasteiger charge is -2.32. The maximum absolute atomic E-state index is 11.5. The Morgan fingerprint density at radius 3 is 2.16 bits per heavy atom. The number of rotatable bonds is 4. The van der Waals surface area contributed by atoms with Crippen molar-refractivity contribution in [2.75, 3.05) is 14.2 Å². The van der Waals surface area contributed by atoms with Gasteiger partial charge in [-0.3, -0.25) is 0 Å². The van der Waals surface area contributed by atoms with E-state index < -0.39 is 0 Å². The van der Waals surface area contributed by atoms with Crippen LogP contribution in [0.4, 0.5) is 0 Å². The molecule has 2 aliphatic rings. The average Bonchev–Trinajstić information content (AvgIpc) is 3.29. The maximum atomic E-state index is 11.5. The highest BCUT2D eigenvalue weighted by Crippen LogP contribution is 2.58. The molecule has 2 aliphatic carbocycles. The number of aliphatic hydroxyl groups excluding tert-OH is 1. The van der Waals surface area contributed by atoms with Crippen LogP contribution in [0.1, 0.15) is 68.1 Å². The molecule has 0 heterocycles. The number of ether oxygens (including phenoxy) is 2. The third-order valence-electron chi connectivity index (χ3n) is 8.89. The Morgan fingerprint density at radius 2 is 1.45 bits per heavy atom. The SMILES string of the molecule is COc1ccc(-c2cc3c(O)cc4c(c3cc2CO)-c2ccccc2C42CCCCCCCC2)c(OC)c1. The molecule has 0 saturated heterocycles. The van der Waals surface area contributed by atoms with Crippen molar-refractivity contribution in [2.45, 2.75) is 63.4 Å². The van der Waals surface area contributed by atoms with Crippen molar-refractivity contribution >= 4 is 10.8 Å². The molecule has 0 unspecified atom stereocenters. The van der Waals surface area contributed by atoms with Crippen LogP contribution in [0.3, 0.4) is 0 Å². The predicted octanol–water partition coefficient (Wildman–Crippen LogP) is 8.12. The molecular formula is C34H36O4. The number of aliphatic hydroxyl groups is 1. The lowest BCUT2D eigenvalue weighted by molar-refractivity contribution is 0.282. The molecule has 2 N–H and O–H groups in total. The normalized spacial score (nSPS) is 16.4. The molecule has 0 aliphatic heterocycles. The number of phenols is 1. The Morgan fingerprint density at radius 1 is 0.711 bits per heavy atom. The highest BCUT2D eigenvalue weighted by Gasteiger charge is 2.43. The molecule has 0 atom stereocenters. The van der Waals surface area contributed by atoms with Gasteiger partial charge in [-0.05, 0) is 81.9 Å². The van der Waals surface area contributed by atoms with Crippen LogP contribution in [0.15, 0.2) is 60.7 Å². The summed E-state index contributed by atoms with van der Waals surface area (Å²) in [5.74, 6) is 1.66. The highest BCUT2D eigenvalue weighted by atomic mass is 16.5. The third kappa shape index (κ3) is 3.85. The molecule has 4 aromatic rings. The van der Waals surface area contributed by atoms with Crippen LogP contribution < -0.4 is 9.47 Å². The fourth-order valence-electron chi connectivity index (χ4n) is 7.05. The molecule has 0 amide bonds. The van der Waals surface area contributed by atoms with E-state index in [-0.39, 0.29) is 12.0 Å². The Kier molecular flexibility index (Phi) is 6.53. The topological polar surface area (TPSA) is 58.9 Å². The van der Waals surface area contributed by atoms with Gasteiger partial charge in [-0.2, -0.15) is 0 Å². The first-order valence-corrected chi connectivity index (χ1v) is 13.9. The first kappa shape index (κ1) is 24.8. The molecule has 6 rings (SSSR count). The van der Waals surface area contributed by atoms with Crippen molar-refractivity contribution in [2.24, 2.45) is 0 Å². The minimum absolute atomic E-state index is 0.0702. The zero-order valence-corrected chi connectivity index (χ0v) is 22.3. The van der Waals surface area contributed by atoms with Crippen molar-refractivity contribution in [3.05, 3.63) is 77.4 Å². The molecule has 4 heteroatoms. The van der Waals surface area contributed by atoms with Crippen LogP contribution >= 0.6 is 0 Å². The van der Waals surface area contributed by atoms with Crippen LogP contribution in [-0.4, -0.2) is 24.4 Å². The second-order valence-electron chi connectivity index (χ2n) is 10.8. The molecular weight excluding hydrogens is 472 g/mol. The molecule has 4 aromatic carbocycles. The van der Waals surface area contributed by atoms with Gasteiger partial charge in [-0.1, -0.05) is 62.8 Å². The summed E-state index contributed by atoms with van der Waals surface area (Å²) in [6.07, 6.45) is 9.76. The van der Waals surface area contributed by atoms with Crippen molar-refractivity contribution in [1.29, 1.82) is 0 Å². The molecule has 1 saturated carbocycles. The van der Waals surface area contributed by atoms with Gasteiger partial charge in [0.2, 0.25) is 0 Å². The van der Waals surface area contributed by atoms with Gasteiger partial charge >= 0.3 is 0 Å². The van der Waals surface area contributed by atoms with Gasteiger partial charge in [0.05, 0.1) is 20.8 Å². The number of hydrogen-bond acceptors (Lipinski definition) is 4. The summed E-state index contributed by atoms with van der Waals surface area (Å²) in [7, 11) is 3.26. The van der Waals surface area contributed by atoms with E-state index in [1.54, 1.807) is 14.2 Å². The minimum Gasteiger partial charge on any atom is -0.507 e. The number of methoxy groups -OCH3 is 2. The quantitative estimate of drug-likeness (QED) is 0.292. The molecule has 0 aromatic heterocycles. The van der Waals surface area contributed by atoms with Crippen LogP contribution in [0, 0.1) is 0 Å². The first-order chi connectivity index (χ1) is 18.6. The minimum atomic E-state index is -0.113. The third-order valence-corrected chi connectivity index (χ3v) is 8.89.